The summed E-state index contributed by atoms with van der Waals surface area (Å²) in [6.07, 6.45) is 1.43. The van der Waals surface area contributed by atoms with E-state index < -0.39 is 9.92 Å². The lowest BCUT2D eigenvalue weighted by Gasteiger charge is -2.16. The van der Waals surface area contributed by atoms with Crippen molar-refractivity contribution in [1.29, 1.82) is 4.78 Å². The van der Waals surface area contributed by atoms with Gasteiger partial charge in [0.2, 0.25) is 0 Å². The lowest BCUT2D eigenvalue weighted by molar-refractivity contribution is 0.514. The molecule has 72 valence electrons. The molecule has 1 aromatic rings. The summed E-state index contributed by atoms with van der Waals surface area (Å²) in [6.45, 7) is 0.555. The van der Waals surface area contributed by atoms with Crippen LogP contribution in [0.2, 0.25) is 0 Å². The summed E-state index contributed by atoms with van der Waals surface area (Å²) in [5.41, 5.74) is 1.08. The summed E-state index contributed by atoms with van der Waals surface area (Å²) in [5, 5.41) is 0. The monoisotopic (exact) mass is 198 g/mol. The molecule has 0 aliphatic heterocycles. The van der Waals surface area contributed by atoms with E-state index in [1.54, 1.807) is 11.4 Å². The Morgan fingerprint density at radius 1 is 1.38 bits per heavy atom. The Hall–Kier alpha value is -0.870. The van der Waals surface area contributed by atoms with E-state index in [1.807, 2.05) is 30.3 Å². The fraction of sp³-hybridized carbons (Fsp3) is 0.333. The Labute approximate surface area is 79.5 Å². The van der Waals surface area contributed by atoms with Gasteiger partial charge >= 0.3 is 0 Å². The van der Waals surface area contributed by atoms with E-state index in [0.717, 1.165) is 5.56 Å². The molecule has 0 radical (unpaired) electrons. The molecule has 1 N–H and O–H groups in total. The third kappa shape index (κ3) is 3.16. The van der Waals surface area contributed by atoms with Crippen molar-refractivity contribution in [2.75, 3.05) is 13.3 Å². The fourth-order valence-electron chi connectivity index (χ4n) is 0.964. The molecule has 0 aliphatic carbocycles. The minimum atomic E-state index is -2.57. The van der Waals surface area contributed by atoms with Crippen molar-refractivity contribution < 1.29 is 4.21 Å². The Kier molecular flexibility index (Phi) is 3.06. The van der Waals surface area contributed by atoms with Crippen LogP contribution in [0.3, 0.4) is 0 Å². The molecule has 4 heteroatoms. The first-order valence-electron chi connectivity index (χ1n) is 3.99. The summed E-state index contributed by atoms with van der Waals surface area (Å²) in [5.74, 6) is 0. The van der Waals surface area contributed by atoms with Gasteiger partial charge in [0.1, 0.15) is 9.92 Å². The molecule has 1 atom stereocenters. The molecule has 0 fully saturated rings. The van der Waals surface area contributed by atoms with Gasteiger partial charge in [-0.1, -0.05) is 30.3 Å². The number of hydrogen-bond donors (Lipinski definition) is 1. The smallest absolute Gasteiger partial charge is 0.104 e. The van der Waals surface area contributed by atoms with E-state index in [-0.39, 0.29) is 0 Å². The Morgan fingerprint density at radius 2 is 1.92 bits per heavy atom. The minimum Gasteiger partial charge on any atom is -0.240 e. The maximum Gasteiger partial charge on any atom is 0.104 e. The van der Waals surface area contributed by atoms with Crippen LogP contribution in [0.1, 0.15) is 5.56 Å². The van der Waals surface area contributed by atoms with Gasteiger partial charge in [0.05, 0.1) is 0 Å². The Morgan fingerprint density at radius 3 is 2.38 bits per heavy atom. The molecule has 1 rings (SSSR count). The van der Waals surface area contributed by atoms with Gasteiger partial charge in [-0.15, -0.1) is 0 Å². The van der Waals surface area contributed by atoms with Crippen LogP contribution in [0.4, 0.5) is 0 Å². The largest absolute Gasteiger partial charge is 0.240 e. The normalized spacial score (nSPS) is 15.6. The topological polar surface area (TPSA) is 44.2 Å². The van der Waals surface area contributed by atoms with Crippen molar-refractivity contribution in [3.8, 4) is 0 Å². The summed E-state index contributed by atoms with van der Waals surface area (Å²) in [4.78, 5) is 0. The predicted molar refractivity (Wildman–Crippen MR) is 54.7 cm³/mol. The maximum absolute atomic E-state index is 11.3. The lowest BCUT2D eigenvalue weighted by Crippen LogP contribution is -2.23. The molecule has 13 heavy (non-hydrogen) atoms. The van der Waals surface area contributed by atoms with E-state index >= 15 is 0 Å². The first-order chi connectivity index (χ1) is 6.00. The van der Waals surface area contributed by atoms with Crippen LogP contribution in [0.25, 0.3) is 0 Å². The first kappa shape index (κ1) is 10.2. The number of rotatable bonds is 3. The highest BCUT2D eigenvalue weighted by Crippen LogP contribution is 2.05. The predicted octanol–water partition coefficient (Wildman–Crippen LogP) is 1.71. The first-order valence-corrected chi connectivity index (χ1v) is 5.91. The van der Waals surface area contributed by atoms with Crippen LogP contribution in [-0.4, -0.2) is 21.8 Å². The Bertz CT molecular complexity index is 358. The number of hydrogen-bond acceptors (Lipinski definition) is 2. The third-order valence-electron chi connectivity index (χ3n) is 1.84. The van der Waals surface area contributed by atoms with Crippen LogP contribution in [0.15, 0.2) is 30.3 Å². The number of benzene rings is 1. The Balaban J connectivity index is 2.72. The standard InChI is InChI=1S/C9H14N2OS/c1-11(13(2,10)12)8-9-6-4-3-5-7-9/h3-7,10H,8H2,1-2H3. The highest BCUT2D eigenvalue weighted by molar-refractivity contribution is 7.89. The highest BCUT2D eigenvalue weighted by atomic mass is 32.2. The molecule has 0 saturated carbocycles. The van der Waals surface area contributed by atoms with Gasteiger partial charge < -0.3 is 0 Å². The summed E-state index contributed by atoms with van der Waals surface area (Å²) in [7, 11) is -0.871. The minimum absolute atomic E-state index is 0.555. The van der Waals surface area contributed by atoms with Gasteiger partial charge in [0, 0.05) is 19.8 Å². The average molecular weight is 198 g/mol. The molecule has 0 spiro atoms. The lowest BCUT2D eigenvalue weighted by atomic mass is 10.2. The molecular weight excluding hydrogens is 184 g/mol. The van der Waals surface area contributed by atoms with Gasteiger partial charge in [-0.3, -0.25) is 0 Å². The third-order valence-corrected chi connectivity index (χ3v) is 3.16. The van der Waals surface area contributed by atoms with E-state index in [4.69, 9.17) is 4.78 Å². The van der Waals surface area contributed by atoms with Gasteiger partial charge in [0.25, 0.3) is 0 Å². The van der Waals surface area contributed by atoms with Crippen molar-refractivity contribution in [2.45, 2.75) is 6.54 Å². The summed E-state index contributed by atoms with van der Waals surface area (Å²) < 4.78 is 20.2. The van der Waals surface area contributed by atoms with Crippen LogP contribution in [0.5, 0.6) is 0 Å². The van der Waals surface area contributed by atoms with Crippen LogP contribution in [-0.2, 0) is 16.5 Å². The molecule has 1 unspecified atom stereocenters. The van der Waals surface area contributed by atoms with Gasteiger partial charge in [-0.25, -0.2) is 13.3 Å². The van der Waals surface area contributed by atoms with Crippen LogP contribution >= 0.6 is 0 Å². The highest BCUT2D eigenvalue weighted by Gasteiger charge is 2.06. The van der Waals surface area contributed by atoms with E-state index in [0.29, 0.717) is 6.54 Å². The second-order valence-corrected chi connectivity index (χ2v) is 5.30. The van der Waals surface area contributed by atoms with Gasteiger partial charge in [-0.2, -0.15) is 0 Å². The van der Waals surface area contributed by atoms with Crippen molar-refractivity contribution >= 4 is 9.92 Å². The fourth-order valence-corrected chi connectivity index (χ4v) is 1.36. The van der Waals surface area contributed by atoms with Gasteiger partial charge in [0.15, 0.2) is 0 Å². The van der Waals surface area contributed by atoms with E-state index in [9.17, 15) is 4.21 Å². The van der Waals surface area contributed by atoms with Gasteiger partial charge in [-0.05, 0) is 5.56 Å². The maximum atomic E-state index is 11.3. The summed E-state index contributed by atoms with van der Waals surface area (Å²) in [6, 6.07) is 9.73. The average Bonchev–Trinajstić information content (AvgIpc) is 2.04. The molecule has 0 bridgehead atoms. The SMILES string of the molecule is CN(Cc1ccccc1)S(C)(=N)=O. The number of nitrogens with one attached hydrogen (secondary N) is 1. The zero-order valence-electron chi connectivity index (χ0n) is 7.86. The van der Waals surface area contributed by atoms with E-state index in [1.165, 1.54) is 6.26 Å². The van der Waals surface area contributed by atoms with Crippen LogP contribution in [0, 0.1) is 4.78 Å². The van der Waals surface area contributed by atoms with Crippen molar-refractivity contribution in [3.05, 3.63) is 35.9 Å². The second kappa shape index (κ2) is 3.89. The quantitative estimate of drug-likeness (QED) is 0.789. The zero-order chi connectivity index (χ0) is 9.90. The molecule has 0 heterocycles. The number of nitrogens with zero attached hydrogens (tertiary/aromatic N) is 1. The second-order valence-electron chi connectivity index (χ2n) is 3.07. The van der Waals surface area contributed by atoms with Crippen LogP contribution < -0.4 is 0 Å². The molecule has 3 nitrogen and oxygen atoms in total. The molecular formula is C9H14N2OS. The molecule has 0 amide bonds. The molecule has 0 saturated heterocycles. The van der Waals surface area contributed by atoms with Crippen molar-refractivity contribution in [3.63, 3.8) is 0 Å². The summed E-state index contributed by atoms with van der Waals surface area (Å²) >= 11 is 0. The zero-order valence-corrected chi connectivity index (χ0v) is 8.67. The molecule has 1 aromatic carbocycles. The molecule has 0 aliphatic rings. The molecule has 0 aromatic heterocycles. The van der Waals surface area contributed by atoms with Crippen molar-refractivity contribution in [1.82, 2.24) is 4.31 Å². The van der Waals surface area contributed by atoms with Crippen molar-refractivity contribution in [2.24, 2.45) is 0 Å². The van der Waals surface area contributed by atoms with E-state index in [2.05, 4.69) is 0 Å².